The first-order valence-corrected chi connectivity index (χ1v) is 5.21. The van der Waals surface area contributed by atoms with Crippen LogP contribution in [0.3, 0.4) is 0 Å². The van der Waals surface area contributed by atoms with Gasteiger partial charge in [-0.15, -0.1) is 0 Å². The van der Waals surface area contributed by atoms with Crippen LogP contribution in [0.5, 0.6) is 0 Å². The molecular weight excluding hydrogens is 190 g/mol. The minimum absolute atomic E-state index is 0.0472. The highest BCUT2D eigenvalue weighted by atomic mass is 16.1. The van der Waals surface area contributed by atoms with Crippen molar-refractivity contribution in [1.82, 2.24) is 10.2 Å². The van der Waals surface area contributed by atoms with E-state index in [9.17, 15) is 4.79 Å². The lowest BCUT2D eigenvalue weighted by Gasteiger charge is -2.16. The molecule has 0 rings (SSSR count). The number of carbonyl (C=O) groups excluding carboxylic acids is 1. The van der Waals surface area contributed by atoms with Gasteiger partial charge in [-0.3, -0.25) is 4.79 Å². The lowest BCUT2D eigenvalue weighted by molar-refractivity contribution is -0.117. The van der Waals surface area contributed by atoms with Gasteiger partial charge in [-0.25, -0.2) is 0 Å². The third-order valence-electron chi connectivity index (χ3n) is 1.91. The summed E-state index contributed by atoms with van der Waals surface area (Å²) in [6.07, 6.45) is 1.61. The molecule has 0 atom stereocenters. The summed E-state index contributed by atoms with van der Waals surface area (Å²) in [6, 6.07) is 1.96. The molecule has 0 saturated heterocycles. The van der Waals surface area contributed by atoms with Crippen molar-refractivity contribution in [3.05, 3.63) is 11.8 Å². The molecule has 0 aromatic carbocycles. The molecule has 0 saturated carbocycles. The molecule has 0 aliphatic carbocycles. The number of amides is 1. The van der Waals surface area contributed by atoms with Crippen LogP contribution in [0.4, 0.5) is 0 Å². The van der Waals surface area contributed by atoms with Crippen molar-refractivity contribution in [2.45, 2.75) is 33.7 Å². The van der Waals surface area contributed by atoms with Crippen LogP contribution in [0.1, 0.15) is 27.7 Å². The molecule has 0 unspecified atom stereocenters. The minimum atomic E-state index is -0.306. The Bertz CT molecular complexity index is 272. The van der Waals surface area contributed by atoms with Crippen molar-refractivity contribution in [2.75, 3.05) is 13.1 Å². The van der Waals surface area contributed by atoms with E-state index in [1.807, 2.05) is 38.7 Å². The molecule has 0 bridgehead atoms. The Kier molecular flexibility index (Phi) is 6.19. The fourth-order valence-corrected chi connectivity index (χ4v) is 1.07. The van der Waals surface area contributed by atoms with Crippen LogP contribution in [-0.2, 0) is 4.79 Å². The van der Waals surface area contributed by atoms with Gasteiger partial charge in [0, 0.05) is 25.3 Å². The summed E-state index contributed by atoms with van der Waals surface area (Å²) in [4.78, 5) is 13.4. The van der Waals surface area contributed by atoms with Gasteiger partial charge >= 0.3 is 0 Å². The molecule has 0 spiro atoms. The molecule has 15 heavy (non-hydrogen) atoms. The van der Waals surface area contributed by atoms with E-state index >= 15 is 0 Å². The van der Waals surface area contributed by atoms with Gasteiger partial charge in [0.15, 0.2) is 0 Å². The van der Waals surface area contributed by atoms with Crippen molar-refractivity contribution >= 4 is 5.91 Å². The highest BCUT2D eigenvalue weighted by Gasteiger charge is 2.10. The molecular formula is C11H19N3O. The summed E-state index contributed by atoms with van der Waals surface area (Å²) in [7, 11) is 0. The number of hydrogen-bond donors (Lipinski definition) is 1. The standard InChI is InChI=1S/C11H19N3O/c1-5-14(6-2)8-10(7-12)11(15)13-9(3)4/h8-9H,5-6H2,1-4H3,(H,13,15)/b10-8-. The van der Waals surface area contributed by atoms with Gasteiger partial charge < -0.3 is 10.2 Å². The van der Waals surface area contributed by atoms with E-state index in [-0.39, 0.29) is 17.5 Å². The third kappa shape index (κ3) is 5.06. The van der Waals surface area contributed by atoms with Crippen LogP contribution < -0.4 is 5.32 Å². The van der Waals surface area contributed by atoms with Crippen LogP contribution in [-0.4, -0.2) is 29.9 Å². The van der Waals surface area contributed by atoms with E-state index in [4.69, 9.17) is 5.26 Å². The molecule has 0 heterocycles. The molecule has 4 heteroatoms. The van der Waals surface area contributed by atoms with Gasteiger partial charge in [0.1, 0.15) is 11.6 Å². The zero-order chi connectivity index (χ0) is 11.8. The van der Waals surface area contributed by atoms with Crippen LogP contribution >= 0.6 is 0 Å². The molecule has 0 aliphatic rings. The SMILES string of the molecule is CCN(/C=C(/C#N)C(=O)NC(C)C)CC. The maximum Gasteiger partial charge on any atom is 0.263 e. The van der Waals surface area contributed by atoms with Crippen molar-refractivity contribution in [2.24, 2.45) is 0 Å². The van der Waals surface area contributed by atoms with E-state index < -0.39 is 0 Å². The first-order valence-electron chi connectivity index (χ1n) is 5.21. The molecule has 0 aromatic rings. The second-order valence-corrected chi connectivity index (χ2v) is 3.50. The molecule has 0 aromatic heterocycles. The summed E-state index contributed by atoms with van der Waals surface area (Å²) < 4.78 is 0. The Morgan fingerprint density at radius 2 is 2.00 bits per heavy atom. The first kappa shape index (κ1) is 13.5. The highest BCUT2D eigenvalue weighted by Crippen LogP contribution is 1.98. The lowest BCUT2D eigenvalue weighted by Crippen LogP contribution is -2.32. The summed E-state index contributed by atoms with van der Waals surface area (Å²) in [5, 5.41) is 11.5. The average molecular weight is 209 g/mol. The van der Waals surface area contributed by atoms with Crippen LogP contribution in [0, 0.1) is 11.3 Å². The Morgan fingerprint density at radius 3 is 2.33 bits per heavy atom. The van der Waals surface area contributed by atoms with Crippen molar-refractivity contribution < 1.29 is 4.79 Å². The van der Waals surface area contributed by atoms with Crippen molar-refractivity contribution in [3.63, 3.8) is 0 Å². The molecule has 0 fully saturated rings. The highest BCUT2D eigenvalue weighted by molar-refractivity contribution is 5.97. The second kappa shape index (κ2) is 6.88. The quantitative estimate of drug-likeness (QED) is 0.548. The number of nitriles is 1. The largest absolute Gasteiger partial charge is 0.377 e. The third-order valence-corrected chi connectivity index (χ3v) is 1.91. The predicted molar refractivity (Wildman–Crippen MR) is 59.9 cm³/mol. The van der Waals surface area contributed by atoms with E-state index in [1.54, 1.807) is 6.20 Å². The average Bonchev–Trinajstić information content (AvgIpc) is 2.18. The minimum Gasteiger partial charge on any atom is -0.377 e. The molecule has 0 aliphatic heterocycles. The predicted octanol–water partition coefficient (Wildman–Crippen LogP) is 1.26. The van der Waals surface area contributed by atoms with Crippen LogP contribution in [0.25, 0.3) is 0 Å². The van der Waals surface area contributed by atoms with Gasteiger partial charge in [-0.1, -0.05) is 0 Å². The van der Waals surface area contributed by atoms with E-state index in [0.717, 1.165) is 13.1 Å². The van der Waals surface area contributed by atoms with Gasteiger partial charge in [0.2, 0.25) is 0 Å². The topological polar surface area (TPSA) is 56.1 Å². The van der Waals surface area contributed by atoms with E-state index in [1.165, 1.54) is 0 Å². The molecule has 1 N–H and O–H groups in total. The van der Waals surface area contributed by atoms with E-state index in [0.29, 0.717) is 0 Å². The molecule has 1 amide bonds. The number of hydrogen-bond acceptors (Lipinski definition) is 3. The summed E-state index contributed by atoms with van der Waals surface area (Å²) in [6.45, 7) is 9.27. The van der Waals surface area contributed by atoms with Gasteiger partial charge in [0.25, 0.3) is 5.91 Å². The Morgan fingerprint density at radius 1 is 1.47 bits per heavy atom. The van der Waals surface area contributed by atoms with Crippen molar-refractivity contribution in [3.8, 4) is 6.07 Å². The monoisotopic (exact) mass is 209 g/mol. The van der Waals surface area contributed by atoms with Gasteiger partial charge in [-0.05, 0) is 27.7 Å². The summed E-state index contributed by atoms with van der Waals surface area (Å²) in [5.41, 5.74) is 0.160. The first-order chi connectivity index (χ1) is 7.04. The molecule has 84 valence electrons. The fourth-order valence-electron chi connectivity index (χ4n) is 1.07. The van der Waals surface area contributed by atoms with Crippen LogP contribution in [0.2, 0.25) is 0 Å². The number of rotatable bonds is 5. The second-order valence-electron chi connectivity index (χ2n) is 3.50. The zero-order valence-corrected chi connectivity index (χ0v) is 9.87. The summed E-state index contributed by atoms with van der Waals surface area (Å²) in [5.74, 6) is -0.306. The normalized spacial score (nSPS) is 11.1. The van der Waals surface area contributed by atoms with Gasteiger partial charge in [0.05, 0.1) is 0 Å². The maximum absolute atomic E-state index is 11.5. The Balaban J connectivity index is 4.61. The molecule has 4 nitrogen and oxygen atoms in total. The number of carbonyl (C=O) groups is 1. The fraction of sp³-hybridized carbons (Fsp3) is 0.636. The van der Waals surface area contributed by atoms with Crippen molar-refractivity contribution in [1.29, 1.82) is 5.26 Å². The number of nitrogens with one attached hydrogen (secondary N) is 1. The van der Waals surface area contributed by atoms with Gasteiger partial charge in [-0.2, -0.15) is 5.26 Å². The summed E-state index contributed by atoms with van der Waals surface area (Å²) >= 11 is 0. The Labute approximate surface area is 91.6 Å². The maximum atomic E-state index is 11.5. The lowest BCUT2D eigenvalue weighted by atomic mass is 10.2. The zero-order valence-electron chi connectivity index (χ0n) is 9.87. The number of nitrogens with zero attached hydrogens (tertiary/aromatic N) is 2. The smallest absolute Gasteiger partial charge is 0.263 e. The Hall–Kier alpha value is -1.50. The van der Waals surface area contributed by atoms with Crippen LogP contribution in [0.15, 0.2) is 11.8 Å². The van der Waals surface area contributed by atoms with E-state index in [2.05, 4.69) is 5.32 Å². The molecule has 0 radical (unpaired) electrons.